The molecule has 3 aromatic rings. The number of benzene rings is 3. The van der Waals surface area contributed by atoms with Crippen molar-refractivity contribution in [2.24, 2.45) is 5.92 Å². The first-order chi connectivity index (χ1) is 16.2. The summed E-state index contributed by atoms with van der Waals surface area (Å²) in [7, 11) is 0. The number of hydrogen-bond acceptors (Lipinski definition) is 5. The number of ether oxygens (including phenoxy) is 4. The van der Waals surface area contributed by atoms with Gasteiger partial charge in [0, 0.05) is 5.92 Å². The summed E-state index contributed by atoms with van der Waals surface area (Å²) in [6, 6.07) is 30.0. The van der Waals surface area contributed by atoms with E-state index in [1.807, 2.05) is 97.9 Å². The van der Waals surface area contributed by atoms with Crippen LogP contribution in [0.3, 0.4) is 0 Å². The van der Waals surface area contributed by atoms with Gasteiger partial charge in [-0.3, -0.25) is 0 Å². The van der Waals surface area contributed by atoms with Gasteiger partial charge < -0.3 is 24.1 Å². The first-order valence-electron chi connectivity index (χ1n) is 11.5. The molecular weight excluding hydrogens is 416 g/mol. The summed E-state index contributed by atoms with van der Waals surface area (Å²) >= 11 is 0. The molecule has 33 heavy (non-hydrogen) atoms. The van der Waals surface area contributed by atoms with Gasteiger partial charge in [0.05, 0.1) is 32.5 Å². The van der Waals surface area contributed by atoms with Gasteiger partial charge in [-0.05, 0) is 16.7 Å². The zero-order valence-electron chi connectivity index (χ0n) is 19.0. The molecule has 0 bridgehead atoms. The van der Waals surface area contributed by atoms with Gasteiger partial charge in [-0.25, -0.2) is 0 Å². The molecule has 0 amide bonds. The van der Waals surface area contributed by atoms with Crippen molar-refractivity contribution in [3.63, 3.8) is 0 Å². The second-order valence-electron chi connectivity index (χ2n) is 8.45. The van der Waals surface area contributed by atoms with Crippen molar-refractivity contribution in [2.45, 2.75) is 51.3 Å². The maximum atomic E-state index is 10.6. The van der Waals surface area contributed by atoms with Gasteiger partial charge in [-0.1, -0.05) is 97.9 Å². The third-order valence-electron chi connectivity index (χ3n) is 5.94. The van der Waals surface area contributed by atoms with E-state index >= 15 is 0 Å². The summed E-state index contributed by atoms with van der Waals surface area (Å²) in [6.07, 6.45) is -2.14. The number of aliphatic hydroxyl groups is 1. The zero-order valence-corrected chi connectivity index (χ0v) is 19.0. The highest BCUT2D eigenvalue weighted by Crippen LogP contribution is 2.31. The second kappa shape index (κ2) is 12.1. The lowest BCUT2D eigenvalue weighted by molar-refractivity contribution is -0.289. The number of aliphatic hydroxyl groups excluding tert-OH is 1. The smallest absolute Gasteiger partial charge is 0.160 e. The van der Waals surface area contributed by atoms with E-state index in [0.29, 0.717) is 26.4 Å². The Morgan fingerprint density at radius 3 is 1.64 bits per heavy atom. The molecule has 2 unspecified atom stereocenters. The molecule has 0 radical (unpaired) electrons. The Kier molecular flexibility index (Phi) is 8.64. The van der Waals surface area contributed by atoms with Crippen LogP contribution >= 0.6 is 0 Å². The predicted octanol–water partition coefficient (Wildman–Crippen LogP) is 4.73. The van der Waals surface area contributed by atoms with E-state index in [1.54, 1.807) is 0 Å². The van der Waals surface area contributed by atoms with E-state index in [4.69, 9.17) is 18.9 Å². The van der Waals surface area contributed by atoms with Gasteiger partial charge in [0.2, 0.25) is 0 Å². The monoisotopic (exact) mass is 448 g/mol. The maximum absolute atomic E-state index is 10.6. The van der Waals surface area contributed by atoms with E-state index in [-0.39, 0.29) is 18.1 Å². The fourth-order valence-corrected chi connectivity index (χ4v) is 4.04. The van der Waals surface area contributed by atoms with Crippen LogP contribution in [0.1, 0.15) is 23.6 Å². The van der Waals surface area contributed by atoms with Gasteiger partial charge in [0.25, 0.3) is 0 Å². The second-order valence-corrected chi connectivity index (χ2v) is 8.45. The Morgan fingerprint density at radius 1 is 0.667 bits per heavy atom. The van der Waals surface area contributed by atoms with Crippen molar-refractivity contribution in [1.82, 2.24) is 0 Å². The Labute approximate surface area is 195 Å². The third kappa shape index (κ3) is 6.73. The molecule has 1 aliphatic rings. The van der Waals surface area contributed by atoms with Gasteiger partial charge in [-0.2, -0.15) is 0 Å². The van der Waals surface area contributed by atoms with Gasteiger partial charge in [-0.15, -0.1) is 0 Å². The fourth-order valence-electron chi connectivity index (χ4n) is 4.04. The summed E-state index contributed by atoms with van der Waals surface area (Å²) in [6.45, 7) is 3.56. The lowest BCUT2D eigenvalue weighted by Gasteiger charge is -2.43. The summed E-state index contributed by atoms with van der Waals surface area (Å²) < 4.78 is 24.6. The topological polar surface area (TPSA) is 57.2 Å². The first kappa shape index (κ1) is 23.6. The normalized spacial score (nSPS) is 25.1. The van der Waals surface area contributed by atoms with E-state index in [9.17, 15) is 5.11 Å². The molecule has 5 atom stereocenters. The van der Waals surface area contributed by atoms with E-state index < -0.39 is 12.4 Å². The SMILES string of the molecule is C[C@@H]1C(OCc2ccccc2)[C@H](OCc2ccccc2)C(COCc2ccccc2)O[C@H]1O. The minimum atomic E-state index is -0.951. The van der Waals surface area contributed by atoms with E-state index in [0.717, 1.165) is 16.7 Å². The summed E-state index contributed by atoms with van der Waals surface area (Å²) in [4.78, 5) is 0. The molecule has 5 nitrogen and oxygen atoms in total. The molecule has 0 spiro atoms. The quantitative estimate of drug-likeness (QED) is 0.486. The number of hydrogen-bond donors (Lipinski definition) is 1. The first-order valence-corrected chi connectivity index (χ1v) is 11.5. The van der Waals surface area contributed by atoms with Crippen molar-refractivity contribution in [3.05, 3.63) is 108 Å². The van der Waals surface area contributed by atoms with Crippen LogP contribution in [0.2, 0.25) is 0 Å². The molecule has 1 saturated heterocycles. The molecule has 0 saturated carbocycles. The molecule has 1 heterocycles. The van der Waals surface area contributed by atoms with Crippen LogP contribution in [0.4, 0.5) is 0 Å². The summed E-state index contributed by atoms with van der Waals surface area (Å²) in [5.41, 5.74) is 3.23. The van der Waals surface area contributed by atoms with Crippen LogP contribution in [0.25, 0.3) is 0 Å². The summed E-state index contributed by atoms with van der Waals surface area (Å²) in [5.74, 6) is -0.250. The maximum Gasteiger partial charge on any atom is 0.160 e. The van der Waals surface area contributed by atoms with E-state index in [2.05, 4.69) is 0 Å². The van der Waals surface area contributed by atoms with Crippen molar-refractivity contribution in [2.75, 3.05) is 6.61 Å². The molecule has 1 aliphatic heterocycles. The average molecular weight is 449 g/mol. The average Bonchev–Trinajstić information content (AvgIpc) is 2.86. The van der Waals surface area contributed by atoms with Crippen LogP contribution in [0.15, 0.2) is 91.0 Å². The predicted molar refractivity (Wildman–Crippen MR) is 126 cm³/mol. The highest BCUT2D eigenvalue weighted by Gasteiger charge is 2.45. The lowest BCUT2D eigenvalue weighted by atomic mass is 9.92. The molecule has 0 aromatic heterocycles. The van der Waals surface area contributed by atoms with Crippen molar-refractivity contribution in [3.8, 4) is 0 Å². The van der Waals surface area contributed by atoms with Crippen LogP contribution in [-0.4, -0.2) is 36.3 Å². The van der Waals surface area contributed by atoms with Gasteiger partial charge in [0.1, 0.15) is 12.2 Å². The highest BCUT2D eigenvalue weighted by molar-refractivity contribution is 5.15. The van der Waals surface area contributed by atoms with Gasteiger partial charge >= 0.3 is 0 Å². The number of rotatable bonds is 10. The third-order valence-corrected chi connectivity index (χ3v) is 5.94. The minimum Gasteiger partial charge on any atom is -0.374 e. The highest BCUT2D eigenvalue weighted by atomic mass is 16.6. The van der Waals surface area contributed by atoms with Crippen LogP contribution in [-0.2, 0) is 38.8 Å². The molecule has 4 rings (SSSR count). The Hall–Kier alpha value is -2.54. The fraction of sp³-hybridized carbons (Fsp3) is 0.357. The van der Waals surface area contributed by atoms with Gasteiger partial charge in [0.15, 0.2) is 6.29 Å². The van der Waals surface area contributed by atoms with Crippen molar-refractivity contribution in [1.29, 1.82) is 0 Å². The molecular formula is C28H32O5. The Bertz CT molecular complexity index is 934. The molecule has 174 valence electrons. The van der Waals surface area contributed by atoms with Crippen LogP contribution < -0.4 is 0 Å². The minimum absolute atomic E-state index is 0.250. The standard InChI is InChI=1S/C28H32O5/c1-21-26(31-18-23-13-7-3-8-14-23)27(32-19-24-15-9-4-10-16-24)25(33-28(21)29)20-30-17-22-11-5-2-6-12-22/h2-16,21,25-29H,17-20H2,1H3/t21-,25?,26?,27-,28-/m1/s1. The molecule has 3 aromatic carbocycles. The zero-order chi connectivity index (χ0) is 22.9. The van der Waals surface area contributed by atoms with Crippen LogP contribution in [0.5, 0.6) is 0 Å². The molecule has 5 heteroatoms. The molecule has 0 aliphatic carbocycles. The van der Waals surface area contributed by atoms with Crippen molar-refractivity contribution >= 4 is 0 Å². The lowest BCUT2D eigenvalue weighted by Crippen LogP contribution is -2.56. The Balaban J connectivity index is 1.46. The summed E-state index contributed by atoms with van der Waals surface area (Å²) in [5, 5.41) is 10.6. The Morgan fingerprint density at radius 2 is 1.12 bits per heavy atom. The van der Waals surface area contributed by atoms with E-state index in [1.165, 1.54) is 0 Å². The molecule has 1 fully saturated rings. The van der Waals surface area contributed by atoms with Crippen molar-refractivity contribution < 1.29 is 24.1 Å². The van der Waals surface area contributed by atoms with Crippen LogP contribution in [0, 0.1) is 5.92 Å². The largest absolute Gasteiger partial charge is 0.374 e. The molecule has 1 N–H and O–H groups in total.